The van der Waals surface area contributed by atoms with E-state index >= 15 is 0 Å². The second-order valence-corrected chi connectivity index (χ2v) is 9.57. The predicted octanol–water partition coefficient (Wildman–Crippen LogP) is 4.46. The van der Waals surface area contributed by atoms with E-state index in [9.17, 15) is 0 Å². The van der Waals surface area contributed by atoms with E-state index in [1.54, 1.807) is 14.2 Å². The zero-order valence-corrected chi connectivity index (χ0v) is 20.3. The van der Waals surface area contributed by atoms with Gasteiger partial charge in [-0.1, -0.05) is 13.8 Å². The van der Waals surface area contributed by atoms with Gasteiger partial charge in [-0.2, -0.15) is 0 Å². The minimum atomic E-state index is 0.394. The third kappa shape index (κ3) is 4.18. The summed E-state index contributed by atoms with van der Waals surface area (Å²) in [4.78, 5) is 8.88. The van der Waals surface area contributed by atoms with E-state index in [0.717, 1.165) is 48.9 Å². The second kappa shape index (κ2) is 9.27. The Labute approximate surface area is 196 Å². The lowest BCUT2D eigenvalue weighted by Crippen LogP contribution is -2.60. The van der Waals surface area contributed by atoms with Crippen LogP contribution >= 0.6 is 0 Å². The van der Waals surface area contributed by atoms with Gasteiger partial charge in [0.15, 0.2) is 11.5 Å². The number of H-pyrrole nitrogens is 1. The molecule has 0 radical (unpaired) electrons. The Morgan fingerprint density at radius 1 is 0.939 bits per heavy atom. The van der Waals surface area contributed by atoms with Crippen LogP contribution in [0.1, 0.15) is 31.7 Å². The van der Waals surface area contributed by atoms with Crippen LogP contribution in [0.5, 0.6) is 11.5 Å². The molecule has 3 aromatic rings. The summed E-state index contributed by atoms with van der Waals surface area (Å²) >= 11 is 0. The van der Waals surface area contributed by atoms with Gasteiger partial charge in [0.05, 0.1) is 19.9 Å². The Bertz CT molecular complexity index is 1110. The van der Waals surface area contributed by atoms with Crippen molar-refractivity contribution in [3.63, 3.8) is 0 Å². The summed E-state index contributed by atoms with van der Waals surface area (Å²) < 4.78 is 11.0. The van der Waals surface area contributed by atoms with Gasteiger partial charge in [-0.05, 0) is 67.4 Å². The molecule has 0 amide bonds. The Morgan fingerprint density at radius 2 is 1.76 bits per heavy atom. The Morgan fingerprint density at radius 3 is 2.52 bits per heavy atom. The van der Waals surface area contributed by atoms with Gasteiger partial charge in [0.25, 0.3) is 0 Å². The summed E-state index contributed by atoms with van der Waals surface area (Å²) in [7, 11) is 3.36. The van der Waals surface area contributed by atoms with E-state index in [4.69, 9.17) is 9.47 Å². The molecule has 2 saturated heterocycles. The maximum absolute atomic E-state index is 5.56. The quantitative estimate of drug-likeness (QED) is 0.583. The van der Waals surface area contributed by atoms with E-state index in [-0.39, 0.29) is 0 Å². The van der Waals surface area contributed by atoms with Crippen molar-refractivity contribution in [1.29, 1.82) is 0 Å². The van der Waals surface area contributed by atoms with Crippen LogP contribution in [-0.4, -0.2) is 69.4 Å². The first-order valence-electron chi connectivity index (χ1n) is 12.2. The van der Waals surface area contributed by atoms with Crippen molar-refractivity contribution in [3.8, 4) is 22.8 Å². The summed E-state index contributed by atoms with van der Waals surface area (Å²) in [5.74, 6) is 1.89. The number of nitrogens with one attached hydrogen (secondary N) is 2. The van der Waals surface area contributed by atoms with E-state index in [2.05, 4.69) is 64.3 Å². The smallest absolute Gasteiger partial charge is 0.161 e. The highest BCUT2D eigenvalue weighted by Gasteiger charge is 2.32. The van der Waals surface area contributed by atoms with Crippen molar-refractivity contribution in [3.05, 3.63) is 42.0 Å². The molecule has 6 heteroatoms. The van der Waals surface area contributed by atoms with Crippen molar-refractivity contribution in [1.82, 2.24) is 15.2 Å². The van der Waals surface area contributed by atoms with Gasteiger partial charge >= 0.3 is 0 Å². The first kappa shape index (κ1) is 22.1. The normalized spacial score (nSPS) is 17.9. The number of aromatic amines is 1. The van der Waals surface area contributed by atoms with Gasteiger partial charge in [0.1, 0.15) is 0 Å². The molecule has 5 rings (SSSR count). The third-order valence-electron chi connectivity index (χ3n) is 7.19. The minimum absolute atomic E-state index is 0.394. The van der Waals surface area contributed by atoms with Crippen molar-refractivity contribution in [2.45, 2.75) is 32.2 Å². The number of hydrogen-bond acceptors (Lipinski definition) is 5. The first-order valence-corrected chi connectivity index (χ1v) is 12.2. The van der Waals surface area contributed by atoms with Crippen LogP contribution in [0.4, 0.5) is 5.69 Å². The Hall–Kier alpha value is -2.70. The summed E-state index contributed by atoms with van der Waals surface area (Å²) in [6.07, 6.45) is 1.25. The zero-order valence-electron chi connectivity index (χ0n) is 20.3. The number of methoxy groups -OCH3 is 2. The van der Waals surface area contributed by atoms with Crippen molar-refractivity contribution >= 4 is 16.6 Å². The number of aromatic nitrogens is 1. The zero-order chi connectivity index (χ0) is 22.9. The maximum Gasteiger partial charge on any atom is 0.161 e. The summed E-state index contributed by atoms with van der Waals surface area (Å²) in [5, 5.41) is 4.83. The van der Waals surface area contributed by atoms with Crippen LogP contribution in [0.15, 0.2) is 36.4 Å². The fraction of sp³-hybridized carbons (Fsp3) is 0.481. The van der Waals surface area contributed by atoms with Crippen LogP contribution in [0.3, 0.4) is 0 Å². The molecule has 0 saturated carbocycles. The molecule has 2 N–H and O–H groups in total. The van der Waals surface area contributed by atoms with Crippen molar-refractivity contribution < 1.29 is 9.47 Å². The van der Waals surface area contributed by atoms with Crippen LogP contribution < -0.4 is 19.7 Å². The molecule has 2 aliphatic heterocycles. The SMILES string of the molecule is COc1ccc(-c2[nH]c3ccc(N4CC(N5CCCNCC5)C4)cc3c2C(C)C)cc1OC. The first-order chi connectivity index (χ1) is 16.1. The van der Waals surface area contributed by atoms with E-state index < -0.39 is 0 Å². The lowest BCUT2D eigenvalue weighted by Gasteiger charge is -2.46. The molecule has 176 valence electrons. The van der Waals surface area contributed by atoms with Crippen LogP contribution in [0, 0.1) is 0 Å². The highest BCUT2D eigenvalue weighted by molar-refractivity contribution is 5.94. The summed E-state index contributed by atoms with van der Waals surface area (Å²) in [6.45, 7) is 11.4. The molecule has 6 nitrogen and oxygen atoms in total. The number of anilines is 1. The van der Waals surface area contributed by atoms with Crippen LogP contribution in [0.2, 0.25) is 0 Å². The van der Waals surface area contributed by atoms with Crippen molar-refractivity contribution in [2.75, 3.05) is 58.4 Å². The van der Waals surface area contributed by atoms with Crippen molar-refractivity contribution in [2.24, 2.45) is 0 Å². The molecule has 0 aliphatic carbocycles. The predicted molar refractivity (Wildman–Crippen MR) is 136 cm³/mol. The molecule has 0 atom stereocenters. The van der Waals surface area contributed by atoms with Gasteiger partial charge in [-0.3, -0.25) is 4.90 Å². The van der Waals surface area contributed by atoms with Gasteiger partial charge in [-0.15, -0.1) is 0 Å². The second-order valence-electron chi connectivity index (χ2n) is 9.57. The van der Waals surface area contributed by atoms with E-state index in [1.165, 1.54) is 41.7 Å². The molecular formula is C27H36N4O2. The minimum Gasteiger partial charge on any atom is -0.493 e. The lowest BCUT2D eigenvalue weighted by atomic mass is 9.95. The number of nitrogens with zero attached hydrogens (tertiary/aromatic N) is 2. The number of ether oxygens (including phenoxy) is 2. The highest BCUT2D eigenvalue weighted by Crippen LogP contribution is 2.40. The maximum atomic E-state index is 5.56. The average Bonchev–Trinajstić information content (AvgIpc) is 2.97. The molecule has 2 aromatic carbocycles. The van der Waals surface area contributed by atoms with Crippen LogP contribution in [0.25, 0.3) is 22.2 Å². The summed E-state index contributed by atoms with van der Waals surface area (Å²) in [6, 6.07) is 13.7. The molecule has 0 unspecified atom stereocenters. The molecule has 0 bridgehead atoms. The average molecular weight is 449 g/mol. The van der Waals surface area contributed by atoms with Gasteiger partial charge < -0.3 is 24.7 Å². The van der Waals surface area contributed by atoms with Gasteiger partial charge in [0.2, 0.25) is 0 Å². The fourth-order valence-electron chi connectivity index (χ4n) is 5.35. The molecule has 33 heavy (non-hydrogen) atoms. The number of benzene rings is 2. The topological polar surface area (TPSA) is 52.8 Å². The largest absolute Gasteiger partial charge is 0.493 e. The molecule has 1 aromatic heterocycles. The molecular weight excluding hydrogens is 412 g/mol. The number of hydrogen-bond donors (Lipinski definition) is 2. The van der Waals surface area contributed by atoms with Crippen LogP contribution in [-0.2, 0) is 0 Å². The standard InChI is InChI=1S/C27H36N4O2/c1-18(2)26-22-15-20(31-16-21(17-31)30-12-5-10-28-11-13-30)7-8-23(22)29-27(26)19-6-9-24(32-3)25(14-19)33-4/h6-9,14-15,18,21,28-29H,5,10-13,16-17H2,1-4H3. The van der Waals surface area contributed by atoms with E-state index in [0.29, 0.717) is 12.0 Å². The monoisotopic (exact) mass is 448 g/mol. The number of rotatable bonds is 6. The lowest BCUT2D eigenvalue weighted by molar-refractivity contribution is 0.177. The fourth-order valence-corrected chi connectivity index (χ4v) is 5.35. The molecule has 3 heterocycles. The Kier molecular flexibility index (Phi) is 6.21. The summed E-state index contributed by atoms with van der Waals surface area (Å²) in [5.41, 5.74) is 6.15. The van der Waals surface area contributed by atoms with E-state index in [1.807, 2.05) is 6.07 Å². The molecule has 2 aliphatic rings. The van der Waals surface area contributed by atoms with Gasteiger partial charge in [-0.25, -0.2) is 0 Å². The van der Waals surface area contributed by atoms with Gasteiger partial charge in [0, 0.05) is 54.4 Å². The number of fused-ring (bicyclic) bond motifs is 1. The molecule has 2 fully saturated rings. The third-order valence-corrected chi connectivity index (χ3v) is 7.19. The highest BCUT2D eigenvalue weighted by atomic mass is 16.5. The Balaban J connectivity index is 1.44. The molecule has 0 spiro atoms.